The third-order valence-corrected chi connectivity index (χ3v) is 6.97. The van der Waals surface area contributed by atoms with E-state index < -0.39 is 26.8 Å². The fraction of sp³-hybridized carbons (Fsp3) is 0.889. The van der Waals surface area contributed by atoms with E-state index in [9.17, 15) is 9.59 Å². The van der Waals surface area contributed by atoms with E-state index in [1.54, 1.807) is 21.3 Å². The van der Waals surface area contributed by atoms with Crippen molar-refractivity contribution in [3.05, 3.63) is 0 Å². The van der Waals surface area contributed by atoms with Crippen LogP contribution in [0.3, 0.4) is 0 Å². The highest BCUT2D eigenvalue weighted by Gasteiger charge is 2.37. The SMILES string of the molecule is CCCCOC(=O)C[C@H](NCCC[Si](OC)(OC)OC)C(=O)OCCCC. The summed E-state index contributed by atoms with van der Waals surface area (Å²) in [5.74, 6) is -0.826. The molecule has 9 heteroatoms. The Kier molecular flexibility index (Phi) is 15.4. The second-order valence-electron chi connectivity index (χ2n) is 6.20. The Labute approximate surface area is 164 Å². The van der Waals surface area contributed by atoms with Gasteiger partial charge >= 0.3 is 20.7 Å². The Balaban J connectivity index is 4.55. The Hall–Kier alpha value is -1.00. The van der Waals surface area contributed by atoms with Crippen molar-refractivity contribution < 1.29 is 32.3 Å². The van der Waals surface area contributed by atoms with Crippen molar-refractivity contribution in [1.82, 2.24) is 5.32 Å². The number of hydrogen-bond donors (Lipinski definition) is 1. The molecule has 8 nitrogen and oxygen atoms in total. The molecule has 0 bridgehead atoms. The average molecular weight is 408 g/mol. The van der Waals surface area contributed by atoms with E-state index >= 15 is 0 Å². The topological polar surface area (TPSA) is 92.3 Å². The molecule has 0 heterocycles. The van der Waals surface area contributed by atoms with Crippen molar-refractivity contribution in [1.29, 1.82) is 0 Å². The summed E-state index contributed by atoms with van der Waals surface area (Å²) in [7, 11) is 2.04. The highest BCUT2D eigenvalue weighted by Crippen LogP contribution is 2.14. The summed E-state index contributed by atoms with van der Waals surface area (Å²) in [6.45, 7) is 5.27. The molecule has 27 heavy (non-hydrogen) atoms. The van der Waals surface area contributed by atoms with Gasteiger partial charge in [-0.1, -0.05) is 26.7 Å². The first-order chi connectivity index (χ1) is 13.0. The van der Waals surface area contributed by atoms with Crippen LogP contribution in [0.4, 0.5) is 0 Å². The molecule has 0 aliphatic heterocycles. The summed E-state index contributed by atoms with van der Waals surface area (Å²) < 4.78 is 26.5. The molecule has 1 atom stereocenters. The number of nitrogens with one attached hydrogen (secondary N) is 1. The second kappa shape index (κ2) is 16.0. The molecule has 0 saturated carbocycles. The zero-order valence-electron chi connectivity index (χ0n) is 17.5. The molecule has 0 saturated heterocycles. The zero-order chi connectivity index (χ0) is 20.5. The monoisotopic (exact) mass is 407 g/mol. The van der Waals surface area contributed by atoms with Gasteiger partial charge in [-0.15, -0.1) is 0 Å². The molecular formula is C18H37NO7Si. The number of hydrogen-bond acceptors (Lipinski definition) is 8. The number of ether oxygens (including phenoxy) is 2. The molecule has 0 amide bonds. The lowest BCUT2D eigenvalue weighted by Crippen LogP contribution is -2.44. The number of carbonyl (C=O) groups excluding carboxylic acids is 2. The molecule has 160 valence electrons. The minimum absolute atomic E-state index is 0.0456. The van der Waals surface area contributed by atoms with E-state index in [-0.39, 0.29) is 6.42 Å². The molecule has 1 N–H and O–H groups in total. The maximum absolute atomic E-state index is 12.3. The van der Waals surface area contributed by atoms with Crippen LogP contribution < -0.4 is 5.32 Å². The minimum atomic E-state index is -2.64. The van der Waals surface area contributed by atoms with E-state index in [0.29, 0.717) is 32.2 Å². The first-order valence-electron chi connectivity index (χ1n) is 9.69. The van der Waals surface area contributed by atoms with Crippen molar-refractivity contribution in [2.75, 3.05) is 41.1 Å². The van der Waals surface area contributed by atoms with Gasteiger partial charge in [0.2, 0.25) is 0 Å². The Morgan fingerprint density at radius 2 is 1.44 bits per heavy atom. The smallest absolute Gasteiger partial charge is 0.466 e. The summed E-state index contributed by atoms with van der Waals surface area (Å²) in [6, 6.07) is -0.123. The van der Waals surface area contributed by atoms with Gasteiger partial charge in [0.25, 0.3) is 0 Å². The Bertz CT molecular complexity index is 397. The molecule has 0 rings (SSSR count). The summed E-state index contributed by atoms with van der Waals surface area (Å²) in [6.07, 6.45) is 4.10. The van der Waals surface area contributed by atoms with Gasteiger partial charge in [-0.3, -0.25) is 9.59 Å². The van der Waals surface area contributed by atoms with Gasteiger partial charge in [0.05, 0.1) is 19.6 Å². The Morgan fingerprint density at radius 3 is 1.96 bits per heavy atom. The average Bonchev–Trinajstić information content (AvgIpc) is 2.68. The molecular weight excluding hydrogens is 370 g/mol. The van der Waals surface area contributed by atoms with Gasteiger partial charge in [0.1, 0.15) is 6.04 Å². The fourth-order valence-corrected chi connectivity index (χ4v) is 4.07. The summed E-state index contributed by atoms with van der Waals surface area (Å²) in [4.78, 5) is 24.3. The number of unbranched alkanes of at least 4 members (excludes halogenated alkanes) is 2. The third kappa shape index (κ3) is 11.4. The van der Waals surface area contributed by atoms with E-state index in [0.717, 1.165) is 25.7 Å². The molecule has 0 aromatic heterocycles. The lowest BCUT2D eigenvalue weighted by atomic mass is 10.2. The minimum Gasteiger partial charge on any atom is -0.466 e. The molecule has 0 radical (unpaired) electrons. The molecule has 0 unspecified atom stereocenters. The number of carbonyl (C=O) groups is 2. The highest BCUT2D eigenvalue weighted by molar-refractivity contribution is 6.60. The largest absolute Gasteiger partial charge is 0.500 e. The van der Waals surface area contributed by atoms with Gasteiger partial charge in [-0.05, 0) is 25.8 Å². The predicted octanol–water partition coefficient (Wildman–Crippen LogP) is 2.29. The van der Waals surface area contributed by atoms with E-state index in [1.165, 1.54) is 0 Å². The predicted molar refractivity (Wildman–Crippen MR) is 104 cm³/mol. The van der Waals surface area contributed by atoms with Gasteiger partial charge in [0.15, 0.2) is 0 Å². The normalized spacial score (nSPS) is 12.6. The van der Waals surface area contributed by atoms with Crippen LogP contribution >= 0.6 is 0 Å². The standard InChI is InChI=1S/C18H37NO7Si/c1-6-8-12-25-17(20)15-16(18(21)26-13-9-7-2)19-11-10-14-27(22-3,23-4)24-5/h16,19H,6-15H2,1-5H3/t16-/m0/s1. The van der Waals surface area contributed by atoms with Crippen LogP contribution in [0.15, 0.2) is 0 Å². The van der Waals surface area contributed by atoms with E-state index in [4.69, 9.17) is 22.8 Å². The Morgan fingerprint density at radius 1 is 0.889 bits per heavy atom. The molecule has 0 aromatic carbocycles. The quantitative estimate of drug-likeness (QED) is 0.223. The van der Waals surface area contributed by atoms with Gasteiger partial charge < -0.3 is 28.1 Å². The van der Waals surface area contributed by atoms with E-state index in [2.05, 4.69) is 5.32 Å². The van der Waals surface area contributed by atoms with Crippen LogP contribution in [0, 0.1) is 0 Å². The number of rotatable bonds is 17. The third-order valence-electron chi connectivity index (χ3n) is 4.14. The summed E-state index contributed by atoms with van der Waals surface area (Å²) in [5, 5.41) is 3.09. The van der Waals surface area contributed by atoms with Gasteiger partial charge in [-0.25, -0.2) is 0 Å². The van der Waals surface area contributed by atoms with Crippen molar-refractivity contribution in [3.8, 4) is 0 Å². The van der Waals surface area contributed by atoms with Crippen LogP contribution in [-0.4, -0.2) is 67.9 Å². The van der Waals surface area contributed by atoms with Crippen molar-refractivity contribution >= 4 is 20.7 Å². The number of esters is 2. The van der Waals surface area contributed by atoms with Gasteiger partial charge in [0, 0.05) is 27.4 Å². The summed E-state index contributed by atoms with van der Waals surface area (Å²) >= 11 is 0. The molecule has 0 aliphatic rings. The molecule has 0 fully saturated rings. The van der Waals surface area contributed by atoms with E-state index in [1.807, 2.05) is 13.8 Å². The first kappa shape index (κ1) is 26.0. The van der Waals surface area contributed by atoms with Crippen LogP contribution in [0.2, 0.25) is 6.04 Å². The first-order valence-corrected chi connectivity index (χ1v) is 11.6. The van der Waals surface area contributed by atoms with Crippen molar-refractivity contribution in [2.45, 2.75) is 64.5 Å². The lowest BCUT2D eigenvalue weighted by molar-refractivity contribution is -0.153. The lowest BCUT2D eigenvalue weighted by Gasteiger charge is -2.24. The van der Waals surface area contributed by atoms with Crippen LogP contribution in [0.1, 0.15) is 52.4 Å². The van der Waals surface area contributed by atoms with Crippen LogP contribution in [0.25, 0.3) is 0 Å². The van der Waals surface area contributed by atoms with Crippen LogP contribution in [-0.2, 0) is 32.3 Å². The highest BCUT2D eigenvalue weighted by atomic mass is 28.4. The molecule has 0 spiro atoms. The molecule has 0 aliphatic carbocycles. The van der Waals surface area contributed by atoms with Crippen LogP contribution in [0.5, 0.6) is 0 Å². The second-order valence-corrected chi connectivity index (χ2v) is 9.30. The fourth-order valence-electron chi connectivity index (χ4n) is 2.35. The molecule has 0 aromatic rings. The van der Waals surface area contributed by atoms with Gasteiger partial charge in [-0.2, -0.15) is 0 Å². The maximum atomic E-state index is 12.3. The van der Waals surface area contributed by atoms with Crippen molar-refractivity contribution in [3.63, 3.8) is 0 Å². The van der Waals surface area contributed by atoms with Crippen molar-refractivity contribution in [2.24, 2.45) is 0 Å². The maximum Gasteiger partial charge on any atom is 0.500 e. The summed E-state index contributed by atoms with van der Waals surface area (Å²) in [5.41, 5.74) is 0. The zero-order valence-corrected chi connectivity index (χ0v) is 18.5.